The molecule has 1 aromatic rings. The van der Waals surface area contributed by atoms with Crippen molar-refractivity contribution in [1.82, 2.24) is 4.57 Å². The SMILES string of the molecule is NCCn1c(O)csc1=S. The second kappa shape index (κ2) is 3.14. The fraction of sp³-hybridized carbons (Fsp3) is 0.400. The zero-order valence-electron chi connectivity index (χ0n) is 5.28. The van der Waals surface area contributed by atoms with Crippen molar-refractivity contribution >= 4 is 23.6 Å². The third kappa shape index (κ3) is 1.36. The quantitative estimate of drug-likeness (QED) is 0.659. The predicted octanol–water partition coefficient (Wildman–Crippen LogP) is 0.943. The topological polar surface area (TPSA) is 51.2 Å². The van der Waals surface area contributed by atoms with Crippen molar-refractivity contribution in [2.75, 3.05) is 6.54 Å². The highest BCUT2D eigenvalue weighted by Gasteiger charge is 1.98. The highest BCUT2D eigenvalue weighted by atomic mass is 32.1. The van der Waals surface area contributed by atoms with Crippen LogP contribution in [0.15, 0.2) is 5.38 Å². The monoisotopic (exact) mass is 176 g/mol. The van der Waals surface area contributed by atoms with E-state index in [2.05, 4.69) is 0 Å². The van der Waals surface area contributed by atoms with E-state index in [4.69, 9.17) is 23.1 Å². The Morgan fingerprint density at radius 3 is 2.90 bits per heavy atom. The van der Waals surface area contributed by atoms with Gasteiger partial charge in [-0.15, -0.1) is 11.3 Å². The number of thiazole rings is 1. The van der Waals surface area contributed by atoms with Gasteiger partial charge in [0.1, 0.15) is 0 Å². The molecule has 0 amide bonds. The van der Waals surface area contributed by atoms with Gasteiger partial charge in [0.05, 0.1) is 5.38 Å². The van der Waals surface area contributed by atoms with Gasteiger partial charge in [0.2, 0.25) is 5.88 Å². The summed E-state index contributed by atoms with van der Waals surface area (Å²) in [5.41, 5.74) is 5.28. The number of nitrogens with zero attached hydrogens (tertiary/aromatic N) is 1. The van der Waals surface area contributed by atoms with Crippen molar-refractivity contribution < 1.29 is 5.11 Å². The molecule has 0 unspecified atom stereocenters. The number of aromatic nitrogens is 1. The highest BCUT2D eigenvalue weighted by Crippen LogP contribution is 2.15. The van der Waals surface area contributed by atoms with Gasteiger partial charge in [-0.2, -0.15) is 0 Å². The number of hydrogen-bond donors (Lipinski definition) is 2. The van der Waals surface area contributed by atoms with E-state index < -0.39 is 0 Å². The number of rotatable bonds is 2. The maximum absolute atomic E-state index is 9.11. The lowest BCUT2D eigenvalue weighted by atomic mass is 10.6. The van der Waals surface area contributed by atoms with Crippen LogP contribution in [0.5, 0.6) is 5.88 Å². The molecule has 0 saturated heterocycles. The van der Waals surface area contributed by atoms with E-state index >= 15 is 0 Å². The van der Waals surface area contributed by atoms with Gasteiger partial charge < -0.3 is 10.8 Å². The van der Waals surface area contributed by atoms with Gasteiger partial charge in [0, 0.05) is 13.1 Å². The van der Waals surface area contributed by atoms with Crippen molar-refractivity contribution in [2.45, 2.75) is 6.54 Å². The molecule has 0 aliphatic rings. The molecular formula is C5H8N2OS2. The Hall–Kier alpha value is -0.390. The van der Waals surface area contributed by atoms with E-state index in [0.717, 1.165) is 0 Å². The minimum atomic E-state index is 0.209. The molecule has 0 bridgehead atoms. The first kappa shape index (κ1) is 7.71. The van der Waals surface area contributed by atoms with Gasteiger partial charge in [-0.25, -0.2) is 0 Å². The number of aromatic hydroxyl groups is 1. The molecule has 56 valence electrons. The van der Waals surface area contributed by atoms with Crippen LogP contribution in [0.2, 0.25) is 0 Å². The molecule has 0 aliphatic heterocycles. The van der Waals surface area contributed by atoms with Gasteiger partial charge in [-0.1, -0.05) is 0 Å². The maximum Gasteiger partial charge on any atom is 0.203 e. The second-order valence-corrected chi connectivity index (χ2v) is 3.30. The van der Waals surface area contributed by atoms with Gasteiger partial charge in [0.25, 0.3) is 0 Å². The Kier molecular flexibility index (Phi) is 2.42. The van der Waals surface area contributed by atoms with Crippen molar-refractivity contribution in [3.63, 3.8) is 0 Å². The minimum absolute atomic E-state index is 0.209. The first-order valence-corrected chi connectivity index (χ1v) is 4.12. The van der Waals surface area contributed by atoms with Crippen molar-refractivity contribution in [1.29, 1.82) is 0 Å². The standard InChI is InChI=1S/C5H8N2OS2/c6-1-2-7-4(8)3-10-5(7)9/h3,8H,1-2,6H2. The average molecular weight is 176 g/mol. The lowest BCUT2D eigenvalue weighted by Gasteiger charge is -1.98. The van der Waals surface area contributed by atoms with Gasteiger partial charge in [-0.3, -0.25) is 4.57 Å². The van der Waals surface area contributed by atoms with Crippen LogP contribution in [0.1, 0.15) is 0 Å². The van der Waals surface area contributed by atoms with Gasteiger partial charge in [0.15, 0.2) is 3.95 Å². The smallest absolute Gasteiger partial charge is 0.203 e. The summed E-state index contributed by atoms with van der Waals surface area (Å²) in [7, 11) is 0. The summed E-state index contributed by atoms with van der Waals surface area (Å²) in [5, 5.41) is 10.7. The fourth-order valence-electron chi connectivity index (χ4n) is 0.659. The van der Waals surface area contributed by atoms with E-state index in [9.17, 15) is 0 Å². The van der Waals surface area contributed by atoms with Crippen LogP contribution in [0.25, 0.3) is 0 Å². The molecule has 3 N–H and O–H groups in total. The van der Waals surface area contributed by atoms with Gasteiger partial charge >= 0.3 is 0 Å². The number of hydrogen-bond acceptors (Lipinski definition) is 4. The Morgan fingerprint density at radius 1 is 1.80 bits per heavy atom. The van der Waals surface area contributed by atoms with Gasteiger partial charge in [-0.05, 0) is 12.2 Å². The summed E-state index contributed by atoms with van der Waals surface area (Å²) in [6.45, 7) is 1.09. The first-order valence-electron chi connectivity index (χ1n) is 2.83. The van der Waals surface area contributed by atoms with E-state index in [1.54, 1.807) is 9.95 Å². The van der Waals surface area contributed by atoms with Crippen LogP contribution >= 0.6 is 23.6 Å². The summed E-state index contributed by atoms with van der Waals surface area (Å²) < 4.78 is 2.28. The minimum Gasteiger partial charge on any atom is -0.494 e. The Morgan fingerprint density at radius 2 is 2.50 bits per heavy atom. The first-order chi connectivity index (χ1) is 4.75. The van der Waals surface area contributed by atoms with E-state index in [0.29, 0.717) is 17.0 Å². The van der Waals surface area contributed by atoms with E-state index in [-0.39, 0.29) is 5.88 Å². The van der Waals surface area contributed by atoms with E-state index in [1.807, 2.05) is 0 Å². The Balaban J connectivity index is 2.99. The number of nitrogens with two attached hydrogens (primary N) is 1. The third-order valence-electron chi connectivity index (χ3n) is 1.11. The highest BCUT2D eigenvalue weighted by molar-refractivity contribution is 7.73. The lowest BCUT2D eigenvalue weighted by molar-refractivity contribution is 0.417. The lowest BCUT2D eigenvalue weighted by Crippen LogP contribution is -2.08. The van der Waals surface area contributed by atoms with Crippen LogP contribution in [-0.2, 0) is 6.54 Å². The molecule has 0 radical (unpaired) electrons. The molecule has 0 aliphatic carbocycles. The molecule has 5 heteroatoms. The molecule has 10 heavy (non-hydrogen) atoms. The van der Waals surface area contributed by atoms with E-state index in [1.165, 1.54) is 11.3 Å². The molecule has 0 spiro atoms. The zero-order chi connectivity index (χ0) is 7.56. The molecule has 0 fully saturated rings. The summed E-state index contributed by atoms with van der Waals surface area (Å²) in [5.74, 6) is 0.209. The molecular weight excluding hydrogens is 168 g/mol. The third-order valence-corrected chi connectivity index (χ3v) is 2.37. The van der Waals surface area contributed by atoms with Crippen LogP contribution in [0.4, 0.5) is 0 Å². The molecule has 3 nitrogen and oxygen atoms in total. The van der Waals surface area contributed by atoms with Crippen LogP contribution in [-0.4, -0.2) is 16.2 Å². The van der Waals surface area contributed by atoms with Crippen molar-refractivity contribution in [2.24, 2.45) is 5.73 Å². The Labute approximate surface area is 67.7 Å². The molecule has 1 aromatic heterocycles. The molecule has 1 rings (SSSR count). The second-order valence-electron chi connectivity index (χ2n) is 1.80. The van der Waals surface area contributed by atoms with Crippen LogP contribution in [0.3, 0.4) is 0 Å². The van der Waals surface area contributed by atoms with Crippen LogP contribution in [0, 0.1) is 3.95 Å². The summed E-state index contributed by atoms with van der Waals surface area (Å²) in [6, 6.07) is 0. The normalized spacial score (nSPS) is 10.1. The molecule has 1 heterocycles. The Bertz CT molecular complexity index is 265. The maximum atomic E-state index is 9.11. The van der Waals surface area contributed by atoms with Crippen molar-refractivity contribution in [3.8, 4) is 5.88 Å². The molecule has 0 aromatic carbocycles. The molecule has 0 saturated carbocycles. The largest absolute Gasteiger partial charge is 0.494 e. The van der Waals surface area contributed by atoms with Crippen LogP contribution < -0.4 is 5.73 Å². The average Bonchev–Trinajstić information content (AvgIpc) is 2.20. The van der Waals surface area contributed by atoms with Crippen molar-refractivity contribution in [3.05, 3.63) is 9.33 Å². The summed E-state index contributed by atoms with van der Waals surface area (Å²) >= 11 is 6.25. The zero-order valence-corrected chi connectivity index (χ0v) is 6.91. The molecule has 0 atom stereocenters. The predicted molar refractivity (Wildman–Crippen MR) is 43.9 cm³/mol. The summed E-state index contributed by atoms with van der Waals surface area (Å²) in [4.78, 5) is 0. The summed E-state index contributed by atoms with van der Waals surface area (Å²) in [6.07, 6.45) is 0. The fourth-order valence-corrected chi connectivity index (χ4v) is 1.63.